The van der Waals surface area contributed by atoms with E-state index in [2.05, 4.69) is 9.72 Å². The molecule has 0 aromatic carbocycles. The van der Waals surface area contributed by atoms with E-state index in [-0.39, 0.29) is 13.2 Å². The summed E-state index contributed by atoms with van der Waals surface area (Å²) in [4.78, 5) is 5.91. The number of aliphatic hydroxyl groups excluding tert-OH is 1. The number of ether oxygens (including phenoxy) is 1. The number of hydrogen-bond donors (Lipinski definition) is 1. The molecular formula is C12H17F3N2O2. The molecule has 108 valence electrons. The first kappa shape index (κ1) is 15.9. The molecule has 0 aliphatic carbocycles. The van der Waals surface area contributed by atoms with Gasteiger partial charge in [0.15, 0.2) is 0 Å². The first-order chi connectivity index (χ1) is 9.01. The van der Waals surface area contributed by atoms with Crippen molar-refractivity contribution in [1.29, 1.82) is 0 Å². The average molecular weight is 278 g/mol. The Balaban J connectivity index is 2.32. The van der Waals surface area contributed by atoms with Crippen LogP contribution in [-0.2, 0) is 11.3 Å². The van der Waals surface area contributed by atoms with Crippen LogP contribution in [0.2, 0.25) is 0 Å². The van der Waals surface area contributed by atoms with Crippen LogP contribution in [0.1, 0.15) is 5.69 Å². The average Bonchev–Trinajstić information content (AvgIpc) is 2.35. The highest BCUT2D eigenvalue weighted by atomic mass is 19.4. The second-order valence-electron chi connectivity index (χ2n) is 3.99. The van der Waals surface area contributed by atoms with Crippen LogP contribution < -0.4 is 0 Å². The van der Waals surface area contributed by atoms with Crippen LogP contribution in [0, 0.1) is 0 Å². The third-order valence-electron chi connectivity index (χ3n) is 2.35. The van der Waals surface area contributed by atoms with Gasteiger partial charge in [0, 0.05) is 25.8 Å². The summed E-state index contributed by atoms with van der Waals surface area (Å²) in [7, 11) is 0. The van der Waals surface area contributed by atoms with Crippen molar-refractivity contribution >= 4 is 0 Å². The van der Waals surface area contributed by atoms with E-state index >= 15 is 0 Å². The van der Waals surface area contributed by atoms with Crippen LogP contribution in [0.15, 0.2) is 24.4 Å². The molecule has 7 heteroatoms. The number of nitrogens with zero attached hydrogens (tertiary/aromatic N) is 2. The van der Waals surface area contributed by atoms with Crippen LogP contribution >= 0.6 is 0 Å². The molecule has 4 nitrogen and oxygen atoms in total. The molecule has 0 aliphatic heterocycles. The Morgan fingerprint density at radius 3 is 2.63 bits per heavy atom. The molecular weight excluding hydrogens is 261 g/mol. The summed E-state index contributed by atoms with van der Waals surface area (Å²) in [6.07, 6.45) is -2.66. The van der Waals surface area contributed by atoms with Crippen LogP contribution in [-0.4, -0.2) is 54.1 Å². The lowest BCUT2D eigenvalue weighted by Gasteiger charge is -2.20. The maximum atomic E-state index is 11.9. The first-order valence-corrected chi connectivity index (χ1v) is 5.89. The van der Waals surface area contributed by atoms with Crippen molar-refractivity contribution in [3.8, 4) is 0 Å². The molecule has 0 atom stereocenters. The molecule has 0 radical (unpaired) electrons. The van der Waals surface area contributed by atoms with E-state index in [0.29, 0.717) is 19.6 Å². The molecule has 1 aromatic rings. The molecule has 1 rings (SSSR count). The Labute approximate surface area is 109 Å². The summed E-state index contributed by atoms with van der Waals surface area (Å²) >= 11 is 0. The SMILES string of the molecule is OCCN(CCOCC(F)(F)F)Cc1ccccn1. The lowest BCUT2D eigenvalue weighted by Crippen LogP contribution is -2.31. The molecule has 0 spiro atoms. The summed E-state index contributed by atoms with van der Waals surface area (Å²) in [5, 5.41) is 8.92. The zero-order valence-electron chi connectivity index (χ0n) is 10.4. The minimum Gasteiger partial charge on any atom is -0.395 e. The monoisotopic (exact) mass is 278 g/mol. The van der Waals surface area contributed by atoms with Crippen molar-refractivity contribution < 1.29 is 23.0 Å². The largest absolute Gasteiger partial charge is 0.411 e. The van der Waals surface area contributed by atoms with Gasteiger partial charge >= 0.3 is 6.18 Å². The van der Waals surface area contributed by atoms with Gasteiger partial charge in [-0.05, 0) is 12.1 Å². The number of halogens is 3. The fourth-order valence-corrected chi connectivity index (χ4v) is 1.51. The van der Waals surface area contributed by atoms with Crippen molar-refractivity contribution in [2.45, 2.75) is 12.7 Å². The van der Waals surface area contributed by atoms with Gasteiger partial charge in [-0.15, -0.1) is 0 Å². The second kappa shape index (κ2) is 8.08. The number of pyridine rings is 1. The van der Waals surface area contributed by atoms with Gasteiger partial charge in [-0.3, -0.25) is 9.88 Å². The lowest BCUT2D eigenvalue weighted by molar-refractivity contribution is -0.174. The van der Waals surface area contributed by atoms with E-state index < -0.39 is 12.8 Å². The van der Waals surface area contributed by atoms with Crippen molar-refractivity contribution in [3.05, 3.63) is 30.1 Å². The zero-order chi connectivity index (χ0) is 14.1. The second-order valence-corrected chi connectivity index (χ2v) is 3.99. The summed E-state index contributed by atoms with van der Waals surface area (Å²) in [6, 6.07) is 5.44. The van der Waals surface area contributed by atoms with E-state index in [9.17, 15) is 13.2 Å². The van der Waals surface area contributed by atoms with E-state index in [1.54, 1.807) is 17.2 Å². The number of hydrogen-bond acceptors (Lipinski definition) is 4. The number of alkyl halides is 3. The van der Waals surface area contributed by atoms with E-state index in [0.717, 1.165) is 5.69 Å². The van der Waals surface area contributed by atoms with E-state index in [1.165, 1.54) is 0 Å². The lowest BCUT2D eigenvalue weighted by atomic mass is 10.3. The molecule has 0 bridgehead atoms. The topological polar surface area (TPSA) is 45.6 Å². The van der Waals surface area contributed by atoms with Crippen LogP contribution in [0.5, 0.6) is 0 Å². The van der Waals surface area contributed by atoms with Gasteiger partial charge in [0.1, 0.15) is 6.61 Å². The minimum absolute atomic E-state index is 0.0354. The van der Waals surface area contributed by atoms with Gasteiger partial charge in [-0.2, -0.15) is 13.2 Å². The number of aromatic nitrogens is 1. The summed E-state index contributed by atoms with van der Waals surface area (Å²) in [6.45, 7) is -0.196. The normalized spacial score (nSPS) is 12.1. The number of rotatable bonds is 8. The van der Waals surface area contributed by atoms with Crippen LogP contribution in [0.4, 0.5) is 13.2 Å². The molecule has 0 amide bonds. The van der Waals surface area contributed by atoms with Gasteiger partial charge in [-0.1, -0.05) is 6.07 Å². The smallest absolute Gasteiger partial charge is 0.395 e. The van der Waals surface area contributed by atoms with Gasteiger partial charge < -0.3 is 9.84 Å². The molecule has 0 fully saturated rings. The first-order valence-electron chi connectivity index (χ1n) is 5.89. The molecule has 0 saturated carbocycles. The molecule has 0 saturated heterocycles. The highest BCUT2D eigenvalue weighted by Gasteiger charge is 2.27. The zero-order valence-corrected chi connectivity index (χ0v) is 10.4. The van der Waals surface area contributed by atoms with Crippen LogP contribution in [0.25, 0.3) is 0 Å². The van der Waals surface area contributed by atoms with E-state index in [4.69, 9.17) is 5.11 Å². The Morgan fingerprint density at radius 2 is 2.05 bits per heavy atom. The predicted octanol–water partition coefficient (Wildman–Crippen LogP) is 1.45. The predicted molar refractivity (Wildman–Crippen MR) is 63.5 cm³/mol. The molecule has 19 heavy (non-hydrogen) atoms. The maximum Gasteiger partial charge on any atom is 0.411 e. The fraction of sp³-hybridized carbons (Fsp3) is 0.583. The highest BCUT2D eigenvalue weighted by molar-refractivity contribution is 5.03. The van der Waals surface area contributed by atoms with Crippen molar-refractivity contribution in [2.24, 2.45) is 0 Å². The molecule has 1 N–H and O–H groups in total. The fourth-order valence-electron chi connectivity index (χ4n) is 1.51. The number of aliphatic hydroxyl groups is 1. The highest BCUT2D eigenvalue weighted by Crippen LogP contribution is 2.14. The van der Waals surface area contributed by atoms with Crippen LogP contribution in [0.3, 0.4) is 0 Å². The Morgan fingerprint density at radius 1 is 1.26 bits per heavy atom. The molecule has 1 aromatic heterocycles. The van der Waals surface area contributed by atoms with Crippen molar-refractivity contribution in [2.75, 3.05) is 32.9 Å². The molecule has 0 aliphatic rings. The van der Waals surface area contributed by atoms with E-state index in [1.807, 2.05) is 12.1 Å². The quantitative estimate of drug-likeness (QED) is 0.731. The van der Waals surface area contributed by atoms with Gasteiger partial charge in [0.05, 0.1) is 18.9 Å². The summed E-state index contributed by atoms with van der Waals surface area (Å²) in [5.41, 5.74) is 0.798. The summed E-state index contributed by atoms with van der Waals surface area (Å²) < 4.78 is 40.2. The minimum atomic E-state index is -4.30. The van der Waals surface area contributed by atoms with Crippen molar-refractivity contribution in [3.63, 3.8) is 0 Å². The van der Waals surface area contributed by atoms with Gasteiger partial charge in [0.25, 0.3) is 0 Å². The maximum absolute atomic E-state index is 11.9. The summed E-state index contributed by atoms with van der Waals surface area (Å²) in [5.74, 6) is 0. The third-order valence-corrected chi connectivity index (χ3v) is 2.35. The van der Waals surface area contributed by atoms with Gasteiger partial charge in [0.2, 0.25) is 0 Å². The Hall–Kier alpha value is -1.18. The molecule has 0 unspecified atom stereocenters. The van der Waals surface area contributed by atoms with Crippen molar-refractivity contribution in [1.82, 2.24) is 9.88 Å². The third kappa shape index (κ3) is 7.76. The standard InChI is InChI=1S/C12H17F3N2O2/c13-12(14,15)10-19-8-6-17(5-7-18)9-11-3-1-2-4-16-11/h1-4,18H,5-10H2. The molecule has 1 heterocycles. The van der Waals surface area contributed by atoms with Gasteiger partial charge in [-0.25, -0.2) is 0 Å². The Kier molecular flexibility index (Phi) is 6.75. The Bertz CT molecular complexity index is 347.